The summed E-state index contributed by atoms with van der Waals surface area (Å²) in [6.45, 7) is 3.97. The van der Waals surface area contributed by atoms with E-state index in [1.54, 1.807) is 0 Å². The third-order valence-corrected chi connectivity index (χ3v) is 3.06. The van der Waals surface area contributed by atoms with E-state index in [4.69, 9.17) is 0 Å². The Hall–Kier alpha value is -0.860. The third kappa shape index (κ3) is 2.80. The molecule has 1 unspecified atom stereocenters. The van der Waals surface area contributed by atoms with Gasteiger partial charge in [0.15, 0.2) is 0 Å². The molecule has 0 spiro atoms. The van der Waals surface area contributed by atoms with Crippen molar-refractivity contribution in [1.82, 2.24) is 4.90 Å². The summed E-state index contributed by atoms with van der Waals surface area (Å²) in [7, 11) is 0. The Morgan fingerprint density at radius 2 is 2.00 bits per heavy atom. The number of aliphatic hydroxyl groups is 1. The first-order valence-corrected chi connectivity index (χ1v) is 5.78. The predicted octanol–water partition coefficient (Wildman–Crippen LogP) is 2.20. The molecule has 0 saturated heterocycles. The molecule has 0 amide bonds. The summed E-state index contributed by atoms with van der Waals surface area (Å²) >= 11 is 0. The molecule has 1 aliphatic rings. The molecule has 1 aromatic rings. The second-order valence-electron chi connectivity index (χ2n) is 4.25. The van der Waals surface area contributed by atoms with Crippen LogP contribution >= 0.6 is 0 Å². The molecule has 2 nitrogen and oxygen atoms in total. The van der Waals surface area contributed by atoms with Gasteiger partial charge in [0.05, 0.1) is 6.10 Å². The van der Waals surface area contributed by atoms with Crippen LogP contribution in [0.2, 0.25) is 0 Å². The maximum Gasteiger partial charge on any atom is 0.0917 e. The third-order valence-electron chi connectivity index (χ3n) is 3.06. The monoisotopic (exact) mass is 205 g/mol. The van der Waals surface area contributed by atoms with Gasteiger partial charge in [0.1, 0.15) is 0 Å². The molecular weight excluding hydrogens is 186 g/mol. The summed E-state index contributed by atoms with van der Waals surface area (Å²) < 4.78 is 0. The molecule has 0 radical (unpaired) electrons. The molecule has 0 aromatic heterocycles. The lowest BCUT2D eigenvalue weighted by Gasteiger charge is -2.23. The van der Waals surface area contributed by atoms with Crippen LogP contribution in [0.3, 0.4) is 0 Å². The molecule has 1 aromatic carbocycles. The molecule has 1 fully saturated rings. The fourth-order valence-corrected chi connectivity index (χ4v) is 1.98. The van der Waals surface area contributed by atoms with Gasteiger partial charge in [-0.25, -0.2) is 0 Å². The summed E-state index contributed by atoms with van der Waals surface area (Å²) in [6.07, 6.45) is 2.26. The normalized spacial score (nSPS) is 18.1. The molecule has 2 heteroatoms. The standard InChI is InChI=1S/C13H19NO/c1-2-14(12-8-9-12)10-13(15)11-6-4-3-5-7-11/h3-7,12-13,15H,2,8-10H2,1H3. The molecule has 15 heavy (non-hydrogen) atoms. The minimum absolute atomic E-state index is 0.341. The van der Waals surface area contributed by atoms with Crippen LogP contribution in [0, 0.1) is 0 Å². The summed E-state index contributed by atoms with van der Waals surface area (Å²) in [5, 5.41) is 10.1. The van der Waals surface area contributed by atoms with Crippen molar-refractivity contribution in [3.05, 3.63) is 35.9 Å². The van der Waals surface area contributed by atoms with Gasteiger partial charge in [-0.2, -0.15) is 0 Å². The number of benzene rings is 1. The highest BCUT2D eigenvalue weighted by atomic mass is 16.3. The van der Waals surface area contributed by atoms with E-state index in [0.29, 0.717) is 0 Å². The molecule has 1 atom stereocenters. The molecule has 1 saturated carbocycles. The van der Waals surface area contributed by atoms with Crippen molar-refractivity contribution >= 4 is 0 Å². The largest absolute Gasteiger partial charge is 0.387 e. The van der Waals surface area contributed by atoms with E-state index < -0.39 is 0 Å². The van der Waals surface area contributed by atoms with Crippen LogP contribution in [0.4, 0.5) is 0 Å². The zero-order valence-corrected chi connectivity index (χ0v) is 9.26. The summed E-state index contributed by atoms with van der Waals surface area (Å²) in [5.41, 5.74) is 1.02. The van der Waals surface area contributed by atoms with E-state index in [0.717, 1.165) is 24.7 Å². The number of likely N-dealkylation sites (N-methyl/N-ethyl adjacent to an activating group) is 1. The second-order valence-corrected chi connectivity index (χ2v) is 4.25. The van der Waals surface area contributed by atoms with Crippen molar-refractivity contribution < 1.29 is 5.11 Å². The topological polar surface area (TPSA) is 23.5 Å². The smallest absolute Gasteiger partial charge is 0.0917 e. The zero-order valence-electron chi connectivity index (χ0n) is 9.26. The lowest BCUT2D eigenvalue weighted by molar-refractivity contribution is 0.112. The van der Waals surface area contributed by atoms with E-state index in [1.807, 2.05) is 30.3 Å². The summed E-state index contributed by atoms with van der Waals surface area (Å²) in [6, 6.07) is 10.7. The minimum atomic E-state index is -0.341. The molecule has 2 rings (SSSR count). The number of nitrogens with zero attached hydrogens (tertiary/aromatic N) is 1. The maximum atomic E-state index is 10.1. The first-order valence-electron chi connectivity index (χ1n) is 5.78. The highest BCUT2D eigenvalue weighted by molar-refractivity contribution is 5.17. The van der Waals surface area contributed by atoms with Crippen molar-refractivity contribution in [1.29, 1.82) is 0 Å². The molecular formula is C13H19NO. The molecule has 1 N–H and O–H groups in total. The lowest BCUT2D eigenvalue weighted by atomic mass is 10.1. The first kappa shape index (κ1) is 10.7. The van der Waals surface area contributed by atoms with Crippen LogP contribution in [0.1, 0.15) is 31.4 Å². The highest BCUT2D eigenvalue weighted by Crippen LogP contribution is 2.28. The van der Waals surface area contributed by atoms with Gasteiger partial charge < -0.3 is 5.11 Å². The van der Waals surface area contributed by atoms with E-state index in [-0.39, 0.29) is 6.10 Å². The summed E-state index contributed by atoms with van der Waals surface area (Å²) in [5.74, 6) is 0. The van der Waals surface area contributed by atoms with Gasteiger partial charge in [0, 0.05) is 12.6 Å². The van der Waals surface area contributed by atoms with Gasteiger partial charge in [-0.05, 0) is 24.9 Å². The van der Waals surface area contributed by atoms with Gasteiger partial charge in [0.2, 0.25) is 0 Å². The van der Waals surface area contributed by atoms with E-state index in [1.165, 1.54) is 12.8 Å². The molecule has 0 heterocycles. The average Bonchev–Trinajstić information content (AvgIpc) is 3.10. The van der Waals surface area contributed by atoms with Gasteiger partial charge in [-0.15, -0.1) is 0 Å². The fourth-order valence-electron chi connectivity index (χ4n) is 1.98. The van der Waals surface area contributed by atoms with Crippen LogP contribution in [0.5, 0.6) is 0 Å². The highest BCUT2D eigenvalue weighted by Gasteiger charge is 2.29. The Balaban J connectivity index is 1.93. The van der Waals surface area contributed by atoms with E-state index in [2.05, 4.69) is 11.8 Å². The van der Waals surface area contributed by atoms with Gasteiger partial charge in [-0.1, -0.05) is 37.3 Å². The zero-order chi connectivity index (χ0) is 10.7. The average molecular weight is 205 g/mol. The van der Waals surface area contributed by atoms with Crippen molar-refractivity contribution in [3.63, 3.8) is 0 Å². The minimum Gasteiger partial charge on any atom is -0.387 e. The first-order chi connectivity index (χ1) is 7.31. The van der Waals surface area contributed by atoms with Crippen LogP contribution in [-0.2, 0) is 0 Å². The summed E-state index contributed by atoms with van der Waals surface area (Å²) in [4.78, 5) is 2.37. The number of aliphatic hydroxyl groups excluding tert-OH is 1. The number of hydrogen-bond donors (Lipinski definition) is 1. The molecule has 1 aliphatic carbocycles. The number of rotatable bonds is 5. The molecule has 82 valence electrons. The van der Waals surface area contributed by atoms with Gasteiger partial charge in [0.25, 0.3) is 0 Å². The van der Waals surface area contributed by atoms with Gasteiger partial charge in [-0.3, -0.25) is 4.90 Å². The van der Waals surface area contributed by atoms with E-state index in [9.17, 15) is 5.11 Å². The Kier molecular flexibility index (Phi) is 3.39. The Morgan fingerprint density at radius 1 is 1.33 bits per heavy atom. The fraction of sp³-hybridized carbons (Fsp3) is 0.538. The van der Waals surface area contributed by atoms with Crippen LogP contribution in [0.25, 0.3) is 0 Å². The van der Waals surface area contributed by atoms with Crippen LogP contribution in [-0.4, -0.2) is 29.1 Å². The Bertz CT molecular complexity index is 295. The predicted molar refractivity (Wildman–Crippen MR) is 61.7 cm³/mol. The van der Waals surface area contributed by atoms with E-state index >= 15 is 0 Å². The van der Waals surface area contributed by atoms with Crippen molar-refractivity contribution in [2.75, 3.05) is 13.1 Å². The van der Waals surface area contributed by atoms with Gasteiger partial charge >= 0.3 is 0 Å². The van der Waals surface area contributed by atoms with Crippen molar-refractivity contribution in [2.45, 2.75) is 31.9 Å². The van der Waals surface area contributed by atoms with Crippen LogP contribution < -0.4 is 0 Å². The Morgan fingerprint density at radius 3 is 2.53 bits per heavy atom. The molecule has 0 aliphatic heterocycles. The Labute approximate surface area is 91.5 Å². The quantitative estimate of drug-likeness (QED) is 0.796. The second kappa shape index (κ2) is 4.77. The lowest BCUT2D eigenvalue weighted by Crippen LogP contribution is -2.30. The van der Waals surface area contributed by atoms with Crippen LogP contribution in [0.15, 0.2) is 30.3 Å². The number of hydrogen-bond acceptors (Lipinski definition) is 2. The molecule has 0 bridgehead atoms. The maximum absolute atomic E-state index is 10.1. The van der Waals surface area contributed by atoms with Crippen molar-refractivity contribution in [3.8, 4) is 0 Å². The van der Waals surface area contributed by atoms with Crippen molar-refractivity contribution in [2.24, 2.45) is 0 Å². The SMILES string of the molecule is CCN(CC(O)c1ccccc1)C1CC1.